The Hall–Kier alpha value is -2.52. The maximum atomic E-state index is 12.5. The first kappa shape index (κ1) is 17.3. The molecule has 132 valence electrons. The average Bonchev–Trinajstić information content (AvgIpc) is 2.64. The standard InChI is InChI=1S/C16H19N5O3S/c1-19(16(18)24)10-3-5-11(6-4-10)21(12(22)9-17)13-14(23)20-7-2-8-25-15(13)20/h2-7,13,15H,8-9,17H2,1H3,(H2,18,24)/t13?,15-/m1/s1. The van der Waals surface area contributed by atoms with E-state index in [1.165, 1.54) is 9.80 Å². The molecule has 0 aliphatic carbocycles. The molecule has 1 saturated heterocycles. The van der Waals surface area contributed by atoms with E-state index in [1.807, 2.05) is 6.08 Å². The predicted molar refractivity (Wildman–Crippen MR) is 97.0 cm³/mol. The molecular weight excluding hydrogens is 342 g/mol. The van der Waals surface area contributed by atoms with Crippen molar-refractivity contribution in [2.45, 2.75) is 11.4 Å². The fourth-order valence-electron chi connectivity index (χ4n) is 2.87. The van der Waals surface area contributed by atoms with Crippen molar-refractivity contribution in [3.8, 4) is 0 Å². The van der Waals surface area contributed by atoms with Gasteiger partial charge in [0.15, 0.2) is 0 Å². The van der Waals surface area contributed by atoms with E-state index in [2.05, 4.69) is 0 Å². The highest BCUT2D eigenvalue weighted by Crippen LogP contribution is 2.38. The number of carbonyl (C=O) groups is 3. The van der Waals surface area contributed by atoms with Gasteiger partial charge in [0.05, 0.1) is 6.54 Å². The molecule has 25 heavy (non-hydrogen) atoms. The van der Waals surface area contributed by atoms with E-state index in [0.717, 1.165) is 5.75 Å². The largest absolute Gasteiger partial charge is 0.351 e. The number of hydrogen-bond donors (Lipinski definition) is 2. The number of nitrogens with two attached hydrogens (primary N) is 2. The van der Waals surface area contributed by atoms with Crippen molar-refractivity contribution in [3.63, 3.8) is 0 Å². The summed E-state index contributed by atoms with van der Waals surface area (Å²) in [4.78, 5) is 40.5. The van der Waals surface area contributed by atoms with Crippen LogP contribution in [0.4, 0.5) is 16.2 Å². The van der Waals surface area contributed by atoms with Gasteiger partial charge in [0, 0.05) is 30.4 Å². The van der Waals surface area contributed by atoms with Crippen LogP contribution in [0, 0.1) is 0 Å². The third kappa shape index (κ3) is 2.96. The second kappa shape index (κ2) is 6.77. The topological polar surface area (TPSA) is 113 Å². The Labute approximate surface area is 149 Å². The molecule has 2 heterocycles. The van der Waals surface area contributed by atoms with E-state index in [0.29, 0.717) is 11.4 Å². The normalized spacial score (nSPS) is 21.4. The maximum Gasteiger partial charge on any atom is 0.318 e. The number of β-lactam (4-membered cyclic amide) rings is 1. The predicted octanol–water partition coefficient (Wildman–Crippen LogP) is 0.291. The van der Waals surface area contributed by atoms with Crippen LogP contribution in [0.3, 0.4) is 0 Å². The molecule has 1 aromatic carbocycles. The van der Waals surface area contributed by atoms with Gasteiger partial charge in [-0.05, 0) is 24.3 Å². The number of carbonyl (C=O) groups excluding carboxylic acids is 3. The van der Waals surface area contributed by atoms with Crippen molar-refractivity contribution in [1.82, 2.24) is 4.90 Å². The first-order chi connectivity index (χ1) is 12.0. The van der Waals surface area contributed by atoms with Crippen LogP contribution < -0.4 is 21.3 Å². The molecule has 1 unspecified atom stereocenters. The van der Waals surface area contributed by atoms with E-state index in [4.69, 9.17) is 11.5 Å². The number of thioether (sulfide) groups is 1. The van der Waals surface area contributed by atoms with Crippen molar-refractivity contribution in [3.05, 3.63) is 36.5 Å². The Morgan fingerprint density at radius 1 is 1.28 bits per heavy atom. The summed E-state index contributed by atoms with van der Waals surface area (Å²) in [5.41, 5.74) is 12.0. The first-order valence-corrected chi connectivity index (χ1v) is 8.76. The van der Waals surface area contributed by atoms with Crippen LogP contribution in [0.2, 0.25) is 0 Å². The van der Waals surface area contributed by atoms with Crippen molar-refractivity contribution < 1.29 is 14.4 Å². The summed E-state index contributed by atoms with van der Waals surface area (Å²) in [6, 6.07) is 5.55. The average molecular weight is 361 g/mol. The van der Waals surface area contributed by atoms with Gasteiger partial charge in [-0.2, -0.15) is 0 Å². The minimum atomic E-state index is -0.585. The van der Waals surface area contributed by atoms with Crippen LogP contribution in [0.1, 0.15) is 0 Å². The van der Waals surface area contributed by atoms with Gasteiger partial charge in [-0.3, -0.25) is 19.4 Å². The number of fused-ring (bicyclic) bond motifs is 1. The maximum absolute atomic E-state index is 12.5. The highest BCUT2D eigenvalue weighted by molar-refractivity contribution is 8.00. The molecule has 3 rings (SSSR count). The molecule has 9 heteroatoms. The minimum Gasteiger partial charge on any atom is -0.351 e. The van der Waals surface area contributed by atoms with Gasteiger partial charge in [0.1, 0.15) is 11.4 Å². The van der Waals surface area contributed by atoms with Gasteiger partial charge >= 0.3 is 6.03 Å². The van der Waals surface area contributed by atoms with Crippen LogP contribution in [-0.2, 0) is 9.59 Å². The van der Waals surface area contributed by atoms with Gasteiger partial charge in [0.2, 0.25) is 5.91 Å². The number of rotatable bonds is 4. The monoisotopic (exact) mass is 361 g/mol. The summed E-state index contributed by atoms with van der Waals surface area (Å²) in [5.74, 6) is 0.329. The molecule has 0 saturated carbocycles. The molecule has 2 atom stereocenters. The third-order valence-electron chi connectivity index (χ3n) is 4.25. The zero-order valence-electron chi connectivity index (χ0n) is 13.7. The Balaban J connectivity index is 1.89. The van der Waals surface area contributed by atoms with Crippen molar-refractivity contribution >= 4 is 41.0 Å². The quantitative estimate of drug-likeness (QED) is 0.749. The number of hydrogen-bond acceptors (Lipinski definition) is 5. The lowest BCUT2D eigenvalue weighted by Gasteiger charge is -2.50. The SMILES string of the molecule is CN(C(N)=O)c1ccc(N(C(=O)CN)C2C(=O)N3C=CCS[C@H]23)cc1. The number of benzene rings is 1. The number of urea groups is 1. The summed E-state index contributed by atoms with van der Waals surface area (Å²) in [6.45, 7) is -0.194. The molecule has 4 N–H and O–H groups in total. The van der Waals surface area contributed by atoms with E-state index >= 15 is 0 Å². The van der Waals surface area contributed by atoms with Gasteiger partial charge < -0.3 is 16.4 Å². The van der Waals surface area contributed by atoms with Crippen LogP contribution in [-0.4, -0.2) is 53.5 Å². The van der Waals surface area contributed by atoms with Gasteiger partial charge in [0.25, 0.3) is 5.91 Å². The minimum absolute atomic E-state index is 0.110. The van der Waals surface area contributed by atoms with Gasteiger partial charge in [-0.1, -0.05) is 6.08 Å². The highest BCUT2D eigenvalue weighted by Gasteiger charge is 2.52. The lowest BCUT2D eigenvalue weighted by Crippen LogP contribution is -2.70. The lowest BCUT2D eigenvalue weighted by molar-refractivity contribution is -0.142. The Kier molecular flexibility index (Phi) is 4.69. The summed E-state index contributed by atoms with van der Waals surface area (Å²) >= 11 is 1.60. The Morgan fingerprint density at radius 3 is 2.52 bits per heavy atom. The fraction of sp³-hybridized carbons (Fsp3) is 0.312. The molecule has 0 spiro atoms. The smallest absolute Gasteiger partial charge is 0.318 e. The number of nitrogens with zero attached hydrogens (tertiary/aromatic N) is 3. The zero-order chi connectivity index (χ0) is 18.1. The number of amides is 4. The molecule has 0 radical (unpaired) electrons. The summed E-state index contributed by atoms with van der Waals surface area (Å²) in [6.07, 6.45) is 3.68. The van der Waals surface area contributed by atoms with Crippen molar-refractivity contribution in [2.75, 3.05) is 29.1 Å². The van der Waals surface area contributed by atoms with Crippen molar-refractivity contribution in [2.24, 2.45) is 11.5 Å². The van der Waals surface area contributed by atoms with E-state index in [-0.39, 0.29) is 23.7 Å². The summed E-state index contributed by atoms with van der Waals surface area (Å²) < 4.78 is 0. The highest BCUT2D eigenvalue weighted by atomic mass is 32.2. The molecule has 1 fully saturated rings. The molecule has 2 aliphatic rings. The van der Waals surface area contributed by atoms with E-state index in [9.17, 15) is 14.4 Å². The molecular formula is C16H19N5O3S. The summed E-state index contributed by atoms with van der Waals surface area (Å²) in [5, 5.41) is -0.110. The Morgan fingerprint density at radius 2 is 1.92 bits per heavy atom. The molecule has 2 aliphatic heterocycles. The van der Waals surface area contributed by atoms with Crippen molar-refractivity contribution in [1.29, 1.82) is 0 Å². The van der Waals surface area contributed by atoms with E-state index < -0.39 is 12.1 Å². The second-order valence-electron chi connectivity index (χ2n) is 5.68. The van der Waals surface area contributed by atoms with Crippen LogP contribution in [0.25, 0.3) is 0 Å². The number of primary amides is 1. The lowest BCUT2D eigenvalue weighted by atomic mass is 10.0. The second-order valence-corrected chi connectivity index (χ2v) is 6.83. The first-order valence-electron chi connectivity index (χ1n) is 7.71. The molecule has 1 aromatic rings. The van der Waals surface area contributed by atoms with Crippen LogP contribution in [0.5, 0.6) is 0 Å². The number of anilines is 2. The Bertz CT molecular complexity index is 736. The molecule has 4 amide bonds. The zero-order valence-corrected chi connectivity index (χ0v) is 14.5. The molecule has 0 aromatic heterocycles. The van der Waals surface area contributed by atoms with Crippen LogP contribution >= 0.6 is 11.8 Å². The van der Waals surface area contributed by atoms with Crippen LogP contribution in [0.15, 0.2) is 36.5 Å². The van der Waals surface area contributed by atoms with Gasteiger partial charge in [-0.15, -0.1) is 11.8 Å². The summed E-state index contributed by atoms with van der Waals surface area (Å²) in [7, 11) is 1.55. The fourth-order valence-corrected chi connectivity index (χ4v) is 4.02. The molecule has 0 bridgehead atoms. The molecule has 8 nitrogen and oxygen atoms in total. The van der Waals surface area contributed by atoms with Gasteiger partial charge in [-0.25, -0.2) is 4.79 Å². The third-order valence-corrected chi connectivity index (χ3v) is 5.46. The van der Waals surface area contributed by atoms with E-state index in [1.54, 1.807) is 54.2 Å².